The Kier molecular flexibility index (Phi) is 7.04. The van der Waals surface area contributed by atoms with Crippen LogP contribution < -0.4 is 4.52 Å². The van der Waals surface area contributed by atoms with E-state index in [1.54, 1.807) is 26.8 Å². The second-order valence-corrected chi connectivity index (χ2v) is 9.15. The van der Waals surface area contributed by atoms with Crippen LogP contribution in [0.3, 0.4) is 0 Å². The van der Waals surface area contributed by atoms with E-state index in [0.717, 1.165) is 11.1 Å². The van der Waals surface area contributed by atoms with Gasteiger partial charge in [-0.15, -0.1) is 0 Å². The van der Waals surface area contributed by atoms with Gasteiger partial charge in [-0.25, -0.2) is 4.57 Å². The Bertz CT molecular complexity index is 698. The normalized spacial score (nSPS) is 12.8. The van der Waals surface area contributed by atoms with E-state index < -0.39 is 24.8 Å². The predicted octanol–water partition coefficient (Wildman–Crippen LogP) is 3.76. The first-order chi connectivity index (χ1) is 11.6. The molecule has 0 saturated heterocycles. The van der Waals surface area contributed by atoms with Crippen molar-refractivity contribution in [3.63, 3.8) is 0 Å². The number of phosphoric ester groups is 1. The van der Waals surface area contributed by atoms with Crippen LogP contribution in [0.2, 0.25) is 0 Å². The number of esters is 1. The van der Waals surface area contributed by atoms with Crippen molar-refractivity contribution in [2.45, 2.75) is 65.9 Å². The molecular weight excluding hydrogens is 359 g/mol. The number of rotatable bonds is 7. The summed E-state index contributed by atoms with van der Waals surface area (Å²) in [4.78, 5) is 30.6. The van der Waals surface area contributed by atoms with E-state index in [2.05, 4.69) is 0 Å². The van der Waals surface area contributed by atoms with Gasteiger partial charge < -0.3 is 14.0 Å². The summed E-state index contributed by atoms with van der Waals surface area (Å²) in [7, 11) is -4.73. The summed E-state index contributed by atoms with van der Waals surface area (Å²) in [6.07, 6.45) is 0.00191. The SMILES string of the molecule is Cc1cc(C)c(C(C)(C)CC(=O)OCOC(C)(C)C)c(OP(=O)(O)O)c1. The van der Waals surface area contributed by atoms with Gasteiger partial charge in [0.15, 0.2) is 6.79 Å². The molecule has 0 heterocycles. The minimum absolute atomic E-state index is 0.00191. The molecular formula is C18H29O7P. The van der Waals surface area contributed by atoms with Gasteiger partial charge in [0.2, 0.25) is 0 Å². The molecule has 0 bridgehead atoms. The highest BCUT2D eigenvalue weighted by molar-refractivity contribution is 7.46. The van der Waals surface area contributed by atoms with E-state index in [9.17, 15) is 19.1 Å². The lowest BCUT2D eigenvalue weighted by atomic mass is 9.78. The number of phosphoric acid groups is 1. The average Bonchev–Trinajstić information content (AvgIpc) is 2.32. The van der Waals surface area contributed by atoms with Gasteiger partial charge >= 0.3 is 13.8 Å². The Morgan fingerprint density at radius 2 is 1.69 bits per heavy atom. The fourth-order valence-corrected chi connectivity index (χ4v) is 3.17. The van der Waals surface area contributed by atoms with Crippen LogP contribution in [-0.4, -0.2) is 28.2 Å². The maximum atomic E-state index is 12.2. The minimum atomic E-state index is -4.73. The molecule has 0 radical (unpaired) electrons. The van der Waals surface area contributed by atoms with Crippen molar-refractivity contribution in [2.24, 2.45) is 0 Å². The summed E-state index contributed by atoms with van der Waals surface area (Å²) in [6, 6.07) is 3.43. The highest BCUT2D eigenvalue weighted by Crippen LogP contribution is 2.45. The van der Waals surface area contributed by atoms with Crippen molar-refractivity contribution in [2.75, 3.05) is 6.79 Å². The summed E-state index contributed by atoms with van der Waals surface area (Å²) in [5, 5.41) is 0. The van der Waals surface area contributed by atoms with Crippen LogP contribution in [0.25, 0.3) is 0 Å². The van der Waals surface area contributed by atoms with Gasteiger partial charge in [-0.2, -0.15) is 0 Å². The van der Waals surface area contributed by atoms with E-state index in [1.807, 2.05) is 33.8 Å². The maximum Gasteiger partial charge on any atom is 0.524 e. The second kappa shape index (κ2) is 8.09. The third kappa shape index (κ3) is 7.46. The highest BCUT2D eigenvalue weighted by Gasteiger charge is 2.32. The predicted molar refractivity (Wildman–Crippen MR) is 98.0 cm³/mol. The van der Waals surface area contributed by atoms with E-state index >= 15 is 0 Å². The molecule has 8 heteroatoms. The summed E-state index contributed by atoms with van der Waals surface area (Å²) < 4.78 is 26.7. The number of carbonyl (C=O) groups excluding carboxylic acids is 1. The molecule has 0 aromatic heterocycles. The Morgan fingerprint density at radius 1 is 1.12 bits per heavy atom. The number of carbonyl (C=O) groups is 1. The topological polar surface area (TPSA) is 102 Å². The average molecular weight is 388 g/mol. The molecule has 0 spiro atoms. The Morgan fingerprint density at radius 3 is 2.19 bits per heavy atom. The largest absolute Gasteiger partial charge is 0.524 e. The molecule has 0 fully saturated rings. The van der Waals surface area contributed by atoms with Crippen LogP contribution in [0.1, 0.15) is 57.7 Å². The molecule has 0 aliphatic carbocycles. The molecule has 1 aromatic carbocycles. The first-order valence-corrected chi connectivity index (χ1v) is 9.80. The van der Waals surface area contributed by atoms with Gasteiger partial charge in [0, 0.05) is 11.0 Å². The van der Waals surface area contributed by atoms with Crippen molar-refractivity contribution in [3.8, 4) is 5.75 Å². The van der Waals surface area contributed by atoms with Gasteiger partial charge in [-0.3, -0.25) is 14.6 Å². The molecule has 1 rings (SSSR count). The van der Waals surface area contributed by atoms with Gasteiger partial charge in [0.25, 0.3) is 0 Å². The lowest BCUT2D eigenvalue weighted by Crippen LogP contribution is -2.27. The minimum Gasteiger partial charge on any atom is -0.438 e. The van der Waals surface area contributed by atoms with E-state index in [0.29, 0.717) is 5.56 Å². The zero-order valence-corrected chi connectivity index (χ0v) is 17.3. The number of aryl methyl sites for hydroxylation is 2. The third-order valence-electron chi connectivity index (χ3n) is 3.64. The zero-order valence-electron chi connectivity index (χ0n) is 16.5. The van der Waals surface area contributed by atoms with Crippen LogP contribution in [-0.2, 0) is 24.2 Å². The molecule has 148 valence electrons. The van der Waals surface area contributed by atoms with E-state index in [-0.39, 0.29) is 19.0 Å². The summed E-state index contributed by atoms with van der Waals surface area (Å²) in [6.45, 7) is 12.6. The lowest BCUT2D eigenvalue weighted by Gasteiger charge is -2.29. The van der Waals surface area contributed by atoms with Crippen molar-refractivity contribution in [1.82, 2.24) is 0 Å². The fourth-order valence-electron chi connectivity index (χ4n) is 2.77. The van der Waals surface area contributed by atoms with E-state index in [1.165, 1.54) is 0 Å². The fraction of sp³-hybridized carbons (Fsp3) is 0.611. The van der Waals surface area contributed by atoms with Crippen LogP contribution >= 0.6 is 7.82 Å². The Hall–Kier alpha value is -1.40. The Balaban J connectivity index is 3.04. The Labute approximate surface area is 154 Å². The van der Waals surface area contributed by atoms with Crippen LogP contribution in [0.15, 0.2) is 12.1 Å². The summed E-state index contributed by atoms with van der Waals surface area (Å²) >= 11 is 0. The van der Waals surface area contributed by atoms with Gasteiger partial charge in [-0.05, 0) is 51.8 Å². The summed E-state index contributed by atoms with van der Waals surface area (Å²) in [5.41, 5.74) is 0.943. The monoisotopic (exact) mass is 388 g/mol. The second-order valence-electron chi connectivity index (χ2n) is 7.99. The molecule has 1 aromatic rings. The molecule has 26 heavy (non-hydrogen) atoms. The van der Waals surface area contributed by atoms with Crippen molar-refractivity contribution in [1.29, 1.82) is 0 Å². The molecule has 0 aliphatic rings. The third-order valence-corrected chi connectivity index (χ3v) is 4.07. The van der Waals surface area contributed by atoms with Gasteiger partial charge in [0.05, 0.1) is 12.0 Å². The van der Waals surface area contributed by atoms with Crippen molar-refractivity contribution in [3.05, 3.63) is 28.8 Å². The first-order valence-electron chi connectivity index (χ1n) is 8.27. The smallest absolute Gasteiger partial charge is 0.438 e. The number of hydrogen-bond acceptors (Lipinski definition) is 5. The number of hydrogen-bond donors (Lipinski definition) is 2. The quantitative estimate of drug-likeness (QED) is 0.416. The molecule has 0 amide bonds. The molecule has 0 saturated carbocycles. The van der Waals surface area contributed by atoms with Crippen molar-refractivity contribution >= 4 is 13.8 Å². The molecule has 0 atom stereocenters. The highest BCUT2D eigenvalue weighted by atomic mass is 31.2. The molecule has 0 aliphatic heterocycles. The van der Waals surface area contributed by atoms with Crippen LogP contribution in [0.4, 0.5) is 0 Å². The summed E-state index contributed by atoms with van der Waals surface area (Å²) in [5.74, 6) is -0.402. The number of benzene rings is 1. The van der Waals surface area contributed by atoms with Crippen LogP contribution in [0, 0.1) is 13.8 Å². The van der Waals surface area contributed by atoms with E-state index in [4.69, 9.17) is 14.0 Å². The lowest BCUT2D eigenvalue weighted by molar-refractivity contribution is -0.168. The number of ether oxygens (including phenoxy) is 2. The maximum absolute atomic E-state index is 12.2. The van der Waals surface area contributed by atoms with Gasteiger partial charge in [0.1, 0.15) is 5.75 Å². The molecule has 0 unspecified atom stereocenters. The zero-order chi connectivity index (χ0) is 20.3. The van der Waals surface area contributed by atoms with Gasteiger partial charge in [-0.1, -0.05) is 19.9 Å². The molecule has 7 nitrogen and oxygen atoms in total. The standard InChI is InChI=1S/C18H29O7P/c1-12-8-13(2)16(14(9-12)25-26(20,21)22)18(6,7)10-15(19)23-11-24-17(3,4)5/h8-9H,10-11H2,1-7H3,(H2,20,21,22). The van der Waals surface area contributed by atoms with Crippen molar-refractivity contribution < 1.29 is 33.1 Å². The van der Waals surface area contributed by atoms with Crippen LogP contribution in [0.5, 0.6) is 5.75 Å². The molecule has 2 N–H and O–H groups in total. The first kappa shape index (κ1) is 22.6.